The summed E-state index contributed by atoms with van der Waals surface area (Å²) < 4.78 is 9.63. The van der Waals surface area contributed by atoms with E-state index in [2.05, 4.69) is 0 Å². The number of rotatable bonds is 5. The Morgan fingerprint density at radius 2 is 0.941 bits per heavy atom. The molecular weight excluding hydrogens is 460 g/mol. The first-order valence-corrected chi connectivity index (χ1v) is 8.93. The van der Waals surface area contributed by atoms with E-state index in [0.717, 1.165) is 18.2 Å². The fraction of sp³-hybridized carbons (Fsp3) is 0. The van der Waals surface area contributed by atoms with E-state index in [1.54, 1.807) is 0 Å². The van der Waals surface area contributed by atoms with Gasteiger partial charge in [-0.1, -0.05) is 0 Å². The van der Waals surface area contributed by atoms with Crippen molar-refractivity contribution < 1.29 is 64.7 Å². The average molecular weight is 474 g/mol. The average Bonchev–Trinajstić information content (AvgIpc) is 2.76. The van der Waals surface area contributed by atoms with Gasteiger partial charge in [-0.05, 0) is 36.4 Å². The molecule has 0 bridgehead atoms. The van der Waals surface area contributed by atoms with Crippen molar-refractivity contribution in [2.24, 2.45) is 0 Å². The van der Waals surface area contributed by atoms with Gasteiger partial charge in [-0.3, -0.25) is 0 Å². The molecule has 0 aliphatic rings. The Morgan fingerprint density at radius 3 is 1.44 bits per heavy atom. The standard InChI is InChI=1S/C21H14O13/c22-10-2-8(3-11(23)16(10)27)21(32)34-18-13(25)4-9(5-14(18)26)20(31)33-15-6-7(19(29)30)1-12(24)17(15)28/h1-6,22-28H,(H,29,30). The molecule has 0 saturated heterocycles. The highest BCUT2D eigenvalue weighted by atomic mass is 16.6. The number of ether oxygens (including phenoxy) is 2. The van der Waals surface area contributed by atoms with Crippen LogP contribution in [0.25, 0.3) is 0 Å². The van der Waals surface area contributed by atoms with Crippen molar-refractivity contribution in [1.82, 2.24) is 0 Å². The number of carboxylic acids is 1. The van der Waals surface area contributed by atoms with E-state index < -0.39 is 86.3 Å². The highest BCUT2D eigenvalue weighted by Gasteiger charge is 2.23. The summed E-state index contributed by atoms with van der Waals surface area (Å²) in [6.07, 6.45) is 0. The molecule has 13 nitrogen and oxygen atoms in total. The molecule has 0 spiro atoms. The second-order valence-corrected chi connectivity index (χ2v) is 6.63. The van der Waals surface area contributed by atoms with Gasteiger partial charge in [-0.25, -0.2) is 14.4 Å². The molecule has 13 heteroatoms. The molecule has 3 rings (SSSR count). The van der Waals surface area contributed by atoms with Gasteiger partial charge in [0.2, 0.25) is 11.5 Å². The number of phenolic OH excluding ortho intramolecular Hbond substituents is 7. The molecule has 0 fully saturated rings. The molecule has 0 aromatic heterocycles. The number of carbonyl (C=O) groups is 3. The number of carbonyl (C=O) groups excluding carboxylic acids is 2. The quantitative estimate of drug-likeness (QED) is 0.150. The van der Waals surface area contributed by atoms with Crippen molar-refractivity contribution in [3.63, 3.8) is 0 Å². The van der Waals surface area contributed by atoms with Crippen molar-refractivity contribution in [3.8, 4) is 51.7 Å². The molecule has 176 valence electrons. The summed E-state index contributed by atoms with van der Waals surface area (Å²) in [6, 6.07) is 4.34. The maximum absolute atomic E-state index is 12.4. The van der Waals surface area contributed by atoms with Crippen LogP contribution in [0, 0.1) is 0 Å². The molecule has 0 amide bonds. The van der Waals surface area contributed by atoms with Gasteiger partial charge in [0.05, 0.1) is 16.7 Å². The van der Waals surface area contributed by atoms with Crippen LogP contribution in [0.1, 0.15) is 31.1 Å². The van der Waals surface area contributed by atoms with E-state index in [-0.39, 0.29) is 0 Å². The molecule has 3 aromatic rings. The van der Waals surface area contributed by atoms with Crippen LogP contribution in [0.5, 0.6) is 51.7 Å². The van der Waals surface area contributed by atoms with Gasteiger partial charge in [-0.2, -0.15) is 0 Å². The normalized spacial score (nSPS) is 10.5. The van der Waals surface area contributed by atoms with Crippen LogP contribution < -0.4 is 9.47 Å². The van der Waals surface area contributed by atoms with Gasteiger partial charge < -0.3 is 50.3 Å². The lowest BCUT2D eigenvalue weighted by atomic mass is 10.1. The number of aromatic carboxylic acids is 1. The Morgan fingerprint density at radius 1 is 0.529 bits per heavy atom. The third kappa shape index (κ3) is 4.47. The lowest BCUT2D eigenvalue weighted by Crippen LogP contribution is -2.11. The fourth-order valence-corrected chi connectivity index (χ4v) is 2.65. The zero-order valence-electron chi connectivity index (χ0n) is 16.6. The first-order chi connectivity index (χ1) is 15.9. The number of hydrogen-bond donors (Lipinski definition) is 8. The van der Waals surface area contributed by atoms with Crippen LogP contribution in [-0.2, 0) is 0 Å². The van der Waals surface area contributed by atoms with E-state index in [0.29, 0.717) is 18.2 Å². The summed E-state index contributed by atoms with van der Waals surface area (Å²) in [5, 5.41) is 76.8. The van der Waals surface area contributed by atoms with Gasteiger partial charge in [0.15, 0.2) is 40.2 Å². The van der Waals surface area contributed by atoms with Crippen molar-refractivity contribution in [2.75, 3.05) is 0 Å². The maximum atomic E-state index is 12.4. The number of esters is 2. The minimum absolute atomic E-state index is 0.469. The predicted octanol–water partition coefficient (Wildman–Crippen LogP) is 1.76. The summed E-state index contributed by atoms with van der Waals surface area (Å²) in [5.74, 6) is -11.9. The maximum Gasteiger partial charge on any atom is 0.344 e. The van der Waals surface area contributed by atoms with Gasteiger partial charge in [0.1, 0.15) is 0 Å². The summed E-state index contributed by atoms with van der Waals surface area (Å²) in [4.78, 5) is 35.6. The lowest BCUT2D eigenvalue weighted by Gasteiger charge is -2.12. The Balaban J connectivity index is 1.87. The summed E-state index contributed by atoms with van der Waals surface area (Å²) >= 11 is 0. The first kappa shape index (κ1) is 23.3. The second kappa shape index (κ2) is 8.66. The lowest BCUT2D eigenvalue weighted by molar-refractivity contribution is 0.0684. The molecular formula is C21H14O13. The van der Waals surface area contributed by atoms with Crippen molar-refractivity contribution in [2.45, 2.75) is 0 Å². The molecule has 34 heavy (non-hydrogen) atoms. The van der Waals surface area contributed by atoms with E-state index in [1.807, 2.05) is 0 Å². The minimum atomic E-state index is -1.50. The van der Waals surface area contributed by atoms with Crippen LogP contribution in [-0.4, -0.2) is 58.8 Å². The molecule has 0 aliphatic heterocycles. The zero-order valence-corrected chi connectivity index (χ0v) is 16.6. The predicted molar refractivity (Wildman–Crippen MR) is 108 cm³/mol. The minimum Gasteiger partial charge on any atom is -0.504 e. The van der Waals surface area contributed by atoms with E-state index in [9.17, 15) is 50.1 Å². The smallest absolute Gasteiger partial charge is 0.344 e. The van der Waals surface area contributed by atoms with Crippen LogP contribution >= 0.6 is 0 Å². The molecule has 0 saturated carbocycles. The van der Waals surface area contributed by atoms with Crippen molar-refractivity contribution in [3.05, 3.63) is 53.1 Å². The Kier molecular flexibility index (Phi) is 5.94. The SMILES string of the molecule is O=C(O)c1cc(O)c(O)c(OC(=O)c2cc(O)c(OC(=O)c3cc(O)c(O)c(O)c3)c(O)c2)c1. The Bertz CT molecular complexity index is 1300. The summed E-state index contributed by atoms with van der Waals surface area (Å²) in [6.45, 7) is 0. The molecule has 0 unspecified atom stereocenters. The topological polar surface area (TPSA) is 232 Å². The van der Waals surface area contributed by atoms with Gasteiger partial charge in [0, 0.05) is 0 Å². The van der Waals surface area contributed by atoms with Gasteiger partial charge >= 0.3 is 17.9 Å². The number of benzene rings is 3. The number of phenols is 7. The third-order valence-electron chi connectivity index (χ3n) is 4.29. The monoisotopic (exact) mass is 474 g/mol. The second-order valence-electron chi connectivity index (χ2n) is 6.63. The highest BCUT2D eigenvalue weighted by molar-refractivity contribution is 5.96. The molecule has 0 radical (unpaired) electrons. The van der Waals surface area contributed by atoms with Crippen LogP contribution in [0.3, 0.4) is 0 Å². The number of hydrogen-bond acceptors (Lipinski definition) is 12. The van der Waals surface area contributed by atoms with E-state index in [1.165, 1.54) is 0 Å². The van der Waals surface area contributed by atoms with Crippen LogP contribution in [0.15, 0.2) is 36.4 Å². The van der Waals surface area contributed by atoms with Crippen molar-refractivity contribution in [1.29, 1.82) is 0 Å². The van der Waals surface area contributed by atoms with Crippen LogP contribution in [0.2, 0.25) is 0 Å². The molecule has 8 N–H and O–H groups in total. The zero-order chi connectivity index (χ0) is 25.3. The van der Waals surface area contributed by atoms with Crippen molar-refractivity contribution >= 4 is 17.9 Å². The summed E-state index contributed by atoms with van der Waals surface area (Å²) in [7, 11) is 0. The Labute approximate surface area is 188 Å². The molecule has 0 aliphatic carbocycles. The molecule has 0 atom stereocenters. The Hall–Kier alpha value is -5.33. The van der Waals surface area contributed by atoms with E-state index in [4.69, 9.17) is 14.6 Å². The summed E-state index contributed by atoms with van der Waals surface area (Å²) in [5.41, 5.74) is -1.52. The highest BCUT2D eigenvalue weighted by Crippen LogP contribution is 2.41. The fourth-order valence-electron chi connectivity index (χ4n) is 2.65. The molecule has 0 heterocycles. The molecule has 3 aromatic carbocycles. The van der Waals surface area contributed by atoms with Crippen LogP contribution in [0.4, 0.5) is 0 Å². The third-order valence-corrected chi connectivity index (χ3v) is 4.29. The van der Waals surface area contributed by atoms with Gasteiger partial charge in [-0.15, -0.1) is 0 Å². The number of aromatic hydroxyl groups is 7. The van der Waals surface area contributed by atoms with E-state index >= 15 is 0 Å². The first-order valence-electron chi connectivity index (χ1n) is 8.93. The van der Waals surface area contributed by atoms with Gasteiger partial charge in [0.25, 0.3) is 0 Å². The largest absolute Gasteiger partial charge is 0.504 e. The number of carboxylic acid groups (broad SMARTS) is 1.